The molecule has 0 aromatic carbocycles. The molecule has 1 aromatic rings. The lowest BCUT2D eigenvalue weighted by molar-refractivity contribution is 0.688. The molecule has 1 aromatic heterocycles. The summed E-state index contributed by atoms with van der Waals surface area (Å²) < 4.78 is 0. The van der Waals surface area contributed by atoms with Gasteiger partial charge in [0.05, 0.1) is 0 Å². The maximum absolute atomic E-state index is 4.32. The molecule has 0 unspecified atom stereocenters. The molecule has 1 saturated heterocycles. The molecule has 2 heteroatoms. The van der Waals surface area contributed by atoms with E-state index in [1.807, 2.05) is 12.4 Å². The van der Waals surface area contributed by atoms with E-state index in [2.05, 4.69) is 54.1 Å². The number of hydrogen-bond acceptors (Lipinski definition) is 2. The fourth-order valence-corrected chi connectivity index (χ4v) is 3.20. The summed E-state index contributed by atoms with van der Waals surface area (Å²) in [5.74, 6) is 0.397. The lowest BCUT2D eigenvalue weighted by Gasteiger charge is -2.31. The van der Waals surface area contributed by atoms with Crippen LogP contribution in [0, 0.1) is 0 Å². The Hall–Kier alpha value is -1.57. The van der Waals surface area contributed by atoms with Crippen molar-refractivity contribution in [2.24, 2.45) is 0 Å². The van der Waals surface area contributed by atoms with Crippen molar-refractivity contribution >= 4 is 5.69 Å². The van der Waals surface area contributed by atoms with E-state index in [0.717, 1.165) is 0 Å². The summed E-state index contributed by atoms with van der Waals surface area (Å²) >= 11 is 0. The first-order valence-electron chi connectivity index (χ1n) is 6.84. The third-order valence-electron chi connectivity index (χ3n) is 4.17. The number of hydrogen-bond donors (Lipinski definition) is 0. The molecular weight excluding hydrogens is 220 g/mol. The van der Waals surface area contributed by atoms with Crippen LogP contribution in [0.15, 0.2) is 42.8 Å². The maximum atomic E-state index is 4.32. The highest BCUT2D eigenvalue weighted by atomic mass is 15.2. The molecular formula is C16H20N2. The molecule has 18 heavy (non-hydrogen) atoms. The largest absolute Gasteiger partial charge is 0.366 e. The van der Waals surface area contributed by atoms with Gasteiger partial charge in [-0.05, 0) is 32.8 Å². The number of nitrogens with zero attached hydrogens (tertiary/aromatic N) is 2. The molecule has 0 radical (unpaired) electrons. The normalized spacial score (nSPS) is 27.3. The second-order valence-electron chi connectivity index (χ2n) is 5.41. The maximum Gasteiger partial charge on any atom is 0.0443 e. The van der Waals surface area contributed by atoms with Crippen LogP contribution >= 0.6 is 0 Å². The van der Waals surface area contributed by atoms with Crippen molar-refractivity contribution in [2.45, 2.75) is 44.7 Å². The van der Waals surface area contributed by atoms with Crippen molar-refractivity contribution in [1.82, 2.24) is 4.98 Å². The molecule has 2 nitrogen and oxygen atoms in total. The molecule has 0 N–H and O–H groups in total. The van der Waals surface area contributed by atoms with Crippen LogP contribution < -0.4 is 4.90 Å². The van der Waals surface area contributed by atoms with Crippen LogP contribution in [0.4, 0.5) is 5.69 Å². The summed E-state index contributed by atoms with van der Waals surface area (Å²) in [6, 6.07) is 3.44. The minimum absolute atomic E-state index is 0.397. The Labute approximate surface area is 109 Å². The van der Waals surface area contributed by atoms with E-state index in [-0.39, 0.29) is 0 Å². The van der Waals surface area contributed by atoms with Gasteiger partial charge >= 0.3 is 0 Å². The molecule has 2 aliphatic rings. The van der Waals surface area contributed by atoms with Crippen LogP contribution in [0.5, 0.6) is 0 Å². The summed E-state index contributed by atoms with van der Waals surface area (Å²) in [6.07, 6.45) is 15.3. The minimum Gasteiger partial charge on any atom is -0.366 e. The Bertz CT molecular complexity index is 468. The highest BCUT2D eigenvalue weighted by molar-refractivity contribution is 5.58. The minimum atomic E-state index is 0.397. The molecule has 94 valence electrons. The van der Waals surface area contributed by atoms with Gasteiger partial charge in [0.1, 0.15) is 0 Å². The van der Waals surface area contributed by atoms with Gasteiger partial charge in [0.25, 0.3) is 0 Å². The van der Waals surface area contributed by atoms with E-state index in [4.69, 9.17) is 0 Å². The third-order valence-corrected chi connectivity index (χ3v) is 4.17. The monoisotopic (exact) mass is 240 g/mol. The Kier molecular flexibility index (Phi) is 2.94. The zero-order chi connectivity index (χ0) is 12.5. The first-order valence-corrected chi connectivity index (χ1v) is 6.84. The average Bonchev–Trinajstić information content (AvgIpc) is 3.00. The van der Waals surface area contributed by atoms with Gasteiger partial charge in [-0.2, -0.15) is 0 Å². The van der Waals surface area contributed by atoms with Crippen LogP contribution in [0.25, 0.3) is 0 Å². The lowest BCUT2D eigenvalue weighted by atomic mass is 10.00. The van der Waals surface area contributed by atoms with E-state index in [9.17, 15) is 0 Å². The average molecular weight is 240 g/mol. The van der Waals surface area contributed by atoms with Gasteiger partial charge < -0.3 is 4.90 Å². The van der Waals surface area contributed by atoms with Gasteiger partial charge in [-0.3, -0.25) is 4.98 Å². The number of pyridine rings is 1. The van der Waals surface area contributed by atoms with Crippen molar-refractivity contribution < 1.29 is 0 Å². The van der Waals surface area contributed by atoms with E-state index in [1.165, 1.54) is 24.1 Å². The molecule has 2 heterocycles. The third kappa shape index (κ3) is 1.86. The Morgan fingerprint density at radius 1 is 1.11 bits per heavy atom. The number of rotatable bonds is 2. The predicted octanol–water partition coefficient (Wildman–Crippen LogP) is 3.67. The molecule has 0 amide bonds. The van der Waals surface area contributed by atoms with Gasteiger partial charge in [0.15, 0.2) is 0 Å². The number of anilines is 1. The van der Waals surface area contributed by atoms with Crippen molar-refractivity contribution in [3.63, 3.8) is 0 Å². The van der Waals surface area contributed by atoms with Crippen LogP contribution in [-0.2, 0) is 0 Å². The van der Waals surface area contributed by atoms with Gasteiger partial charge in [0, 0.05) is 41.6 Å². The highest BCUT2D eigenvalue weighted by Crippen LogP contribution is 2.37. The van der Waals surface area contributed by atoms with Gasteiger partial charge in [0.2, 0.25) is 0 Å². The summed E-state index contributed by atoms with van der Waals surface area (Å²) in [7, 11) is 0. The summed E-state index contributed by atoms with van der Waals surface area (Å²) in [6.45, 7) is 4.65. The summed E-state index contributed by atoms with van der Waals surface area (Å²) in [4.78, 5) is 6.88. The Morgan fingerprint density at radius 3 is 2.44 bits per heavy atom. The van der Waals surface area contributed by atoms with Crippen molar-refractivity contribution in [3.05, 3.63) is 48.3 Å². The van der Waals surface area contributed by atoms with E-state index >= 15 is 0 Å². The SMILES string of the molecule is C[C@@H]1CC[C@@H](C)N1c1ccncc1C1C=CC=C1. The topological polar surface area (TPSA) is 16.1 Å². The lowest BCUT2D eigenvalue weighted by Crippen LogP contribution is -2.33. The van der Waals surface area contributed by atoms with Crippen LogP contribution in [0.3, 0.4) is 0 Å². The smallest absolute Gasteiger partial charge is 0.0443 e. The molecule has 1 aliphatic carbocycles. The second-order valence-corrected chi connectivity index (χ2v) is 5.41. The Morgan fingerprint density at radius 2 is 1.78 bits per heavy atom. The van der Waals surface area contributed by atoms with Crippen LogP contribution in [0.2, 0.25) is 0 Å². The number of allylic oxidation sites excluding steroid dienone is 4. The zero-order valence-corrected chi connectivity index (χ0v) is 11.1. The Balaban J connectivity index is 2.01. The van der Waals surface area contributed by atoms with Crippen LogP contribution in [-0.4, -0.2) is 17.1 Å². The highest BCUT2D eigenvalue weighted by Gasteiger charge is 2.29. The summed E-state index contributed by atoms with van der Waals surface area (Å²) in [5.41, 5.74) is 2.70. The molecule has 0 spiro atoms. The zero-order valence-electron chi connectivity index (χ0n) is 11.1. The van der Waals surface area contributed by atoms with E-state index in [0.29, 0.717) is 18.0 Å². The molecule has 3 rings (SSSR count). The summed E-state index contributed by atoms with van der Waals surface area (Å²) in [5, 5.41) is 0. The molecule has 0 saturated carbocycles. The first-order chi connectivity index (χ1) is 8.77. The number of aromatic nitrogens is 1. The fraction of sp³-hybridized carbons (Fsp3) is 0.438. The molecule has 2 atom stereocenters. The molecule has 1 fully saturated rings. The fourth-order valence-electron chi connectivity index (χ4n) is 3.20. The van der Waals surface area contributed by atoms with Crippen molar-refractivity contribution in [1.29, 1.82) is 0 Å². The predicted molar refractivity (Wildman–Crippen MR) is 75.9 cm³/mol. The van der Waals surface area contributed by atoms with Gasteiger partial charge in [-0.15, -0.1) is 0 Å². The molecule has 0 bridgehead atoms. The standard InChI is InChI=1S/C16H20N2/c1-12-7-8-13(2)18(12)16-9-10-17-11-15(16)14-5-3-4-6-14/h3-6,9-14H,7-8H2,1-2H3/t12-,13-/m1/s1. The van der Waals surface area contributed by atoms with Crippen LogP contribution in [0.1, 0.15) is 38.2 Å². The van der Waals surface area contributed by atoms with E-state index < -0.39 is 0 Å². The van der Waals surface area contributed by atoms with Crippen molar-refractivity contribution in [3.8, 4) is 0 Å². The van der Waals surface area contributed by atoms with Gasteiger partial charge in [-0.1, -0.05) is 24.3 Å². The quantitative estimate of drug-likeness (QED) is 0.784. The van der Waals surface area contributed by atoms with Crippen molar-refractivity contribution in [2.75, 3.05) is 4.90 Å². The second kappa shape index (κ2) is 4.60. The molecule has 1 aliphatic heterocycles. The van der Waals surface area contributed by atoms with Gasteiger partial charge in [-0.25, -0.2) is 0 Å². The first kappa shape index (κ1) is 11.5. The van der Waals surface area contributed by atoms with E-state index in [1.54, 1.807) is 0 Å².